The Morgan fingerprint density at radius 1 is 0.947 bits per heavy atom. The zero-order valence-electron chi connectivity index (χ0n) is 22.2. The van der Waals surface area contributed by atoms with Gasteiger partial charge in [0.05, 0.1) is 17.2 Å². The van der Waals surface area contributed by atoms with Crippen LogP contribution in [0.15, 0.2) is 72.8 Å². The summed E-state index contributed by atoms with van der Waals surface area (Å²) >= 11 is 12.1. The lowest BCUT2D eigenvalue weighted by Gasteiger charge is -2.26. The first-order valence-corrected chi connectivity index (χ1v) is 13.1. The quantitative estimate of drug-likeness (QED) is 0.283. The van der Waals surface area contributed by atoms with Gasteiger partial charge in [0, 0.05) is 0 Å². The number of nitrogens with two attached hydrogens (primary N) is 1. The number of hydrogen-bond donors (Lipinski definition) is 3. The number of carbonyl (C=O) groups excluding carboxylic acids is 1. The van der Waals surface area contributed by atoms with E-state index in [0.29, 0.717) is 10.0 Å². The van der Waals surface area contributed by atoms with Crippen molar-refractivity contribution in [3.05, 3.63) is 94.0 Å². The van der Waals surface area contributed by atoms with Crippen LogP contribution >= 0.6 is 23.2 Å². The third-order valence-electron chi connectivity index (χ3n) is 6.32. The summed E-state index contributed by atoms with van der Waals surface area (Å²) in [5.74, 6) is 5.13. The Bertz CT molecular complexity index is 1070. The molecule has 4 rings (SSSR count). The predicted molar refractivity (Wildman–Crippen MR) is 156 cm³/mol. The Labute approximate surface area is 236 Å². The molecule has 8 heteroatoms. The van der Waals surface area contributed by atoms with Crippen LogP contribution in [0.5, 0.6) is 0 Å². The molecule has 1 unspecified atom stereocenters. The van der Waals surface area contributed by atoms with Crippen LogP contribution in [0, 0.1) is 5.92 Å². The SMILES string of the molecule is C=O.CC1CCC(c2ccc(-c3ccc(Cl)c(Cl)c3)cc2)CC1.CNC(C(=O)O)c1ccccc1.CON. The number of carboxylic acids is 1. The Kier molecular flexibility index (Phi) is 16.2. The number of carbonyl (C=O) groups is 2. The highest BCUT2D eigenvalue weighted by Gasteiger charge is 2.19. The van der Waals surface area contributed by atoms with Gasteiger partial charge in [-0.1, -0.05) is 104 Å². The van der Waals surface area contributed by atoms with E-state index in [0.717, 1.165) is 23.0 Å². The van der Waals surface area contributed by atoms with Crippen molar-refractivity contribution in [2.45, 2.75) is 44.6 Å². The minimum absolute atomic E-state index is 0.605. The number of benzene rings is 3. The summed E-state index contributed by atoms with van der Waals surface area (Å²) in [6.45, 7) is 4.36. The molecular weight excluding hydrogens is 523 g/mol. The smallest absolute Gasteiger partial charge is 0.325 e. The predicted octanol–water partition coefficient (Wildman–Crippen LogP) is 7.31. The highest BCUT2D eigenvalue weighted by atomic mass is 35.5. The largest absolute Gasteiger partial charge is 0.480 e. The second-order valence-corrected chi connectivity index (χ2v) is 9.73. The van der Waals surface area contributed by atoms with Gasteiger partial charge in [0.1, 0.15) is 12.8 Å². The lowest BCUT2D eigenvalue weighted by Crippen LogP contribution is -2.24. The molecule has 0 aromatic heterocycles. The van der Waals surface area contributed by atoms with E-state index in [4.69, 9.17) is 33.1 Å². The Morgan fingerprint density at radius 2 is 1.47 bits per heavy atom. The molecule has 0 radical (unpaired) electrons. The highest BCUT2D eigenvalue weighted by Crippen LogP contribution is 2.36. The molecule has 0 amide bonds. The van der Waals surface area contributed by atoms with Crippen LogP contribution in [-0.2, 0) is 14.4 Å². The van der Waals surface area contributed by atoms with Gasteiger partial charge < -0.3 is 20.1 Å². The number of aliphatic carboxylic acids is 1. The third kappa shape index (κ3) is 10.9. The molecule has 1 fully saturated rings. The van der Waals surface area contributed by atoms with Crippen LogP contribution in [0.1, 0.15) is 55.7 Å². The average molecular weight is 562 g/mol. The molecule has 1 aliphatic carbocycles. The molecule has 3 aromatic carbocycles. The molecule has 38 heavy (non-hydrogen) atoms. The van der Waals surface area contributed by atoms with Crippen LogP contribution in [0.3, 0.4) is 0 Å². The van der Waals surface area contributed by atoms with Crippen molar-refractivity contribution in [2.24, 2.45) is 11.8 Å². The minimum Gasteiger partial charge on any atom is -0.480 e. The van der Waals surface area contributed by atoms with E-state index in [1.807, 2.05) is 43.2 Å². The van der Waals surface area contributed by atoms with Gasteiger partial charge in [0.15, 0.2) is 0 Å². The molecule has 3 aromatic rings. The lowest BCUT2D eigenvalue weighted by molar-refractivity contribution is -0.139. The summed E-state index contributed by atoms with van der Waals surface area (Å²) in [5.41, 5.74) is 4.56. The first-order valence-electron chi connectivity index (χ1n) is 12.3. The molecule has 0 saturated heterocycles. The van der Waals surface area contributed by atoms with E-state index in [1.165, 1.54) is 43.9 Å². The standard InChI is InChI=1S/C19H20Cl2.C9H11NO2.CH5NO.CH2O/c1-13-2-4-14(5-3-13)15-6-8-16(9-7-15)17-10-11-18(20)19(21)12-17;1-10-8(9(11)12)7-5-3-2-4-6-7;1-3-2;1-2/h6-14H,2-5H2,1H3;2-6,8,10H,1H3,(H,11,12);2H2,1H3;1H2. The molecule has 1 aliphatic rings. The number of halogens is 2. The van der Waals surface area contributed by atoms with E-state index >= 15 is 0 Å². The molecule has 206 valence electrons. The maximum atomic E-state index is 10.7. The van der Waals surface area contributed by atoms with Crippen molar-refractivity contribution in [2.75, 3.05) is 14.2 Å². The molecule has 0 bridgehead atoms. The van der Waals surface area contributed by atoms with Gasteiger partial charge in [0.25, 0.3) is 0 Å². The number of hydrogen-bond acceptors (Lipinski definition) is 5. The second kappa shape index (κ2) is 18.5. The van der Waals surface area contributed by atoms with Gasteiger partial charge in [-0.25, -0.2) is 5.90 Å². The van der Waals surface area contributed by atoms with Crippen LogP contribution in [0.2, 0.25) is 10.0 Å². The number of carboxylic acid groups (broad SMARTS) is 1. The van der Waals surface area contributed by atoms with Gasteiger partial charge in [-0.2, -0.15) is 0 Å². The molecule has 6 nitrogen and oxygen atoms in total. The molecule has 4 N–H and O–H groups in total. The van der Waals surface area contributed by atoms with Crippen molar-refractivity contribution < 1.29 is 19.5 Å². The van der Waals surface area contributed by atoms with Crippen LogP contribution < -0.4 is 11.2 Å². The van der Waals surface area contributed by atoms with Crippen LogP contribution in [0.4, 0.5) is 0 Å². The highest BCUT2D eigenvalue weighted by molar-refractivity contribution is 6.42. The molecule has 0 heterocycles. The van der Waals surface area contributed by atoms with E-state index < -0.39 is 12.0 Å². The van der Waals surface area contributed by atoms with Crippen molar-refractivity contribution in [1.82, 2.24) is 5.32 Å². The molecular formula is C30H38Cl2N2O4. The minimum atomic E-state index is -0.858. The summed E-state index contributed by atoms with van der Waals surface area (Å²) in [7, 11) is 3.03. The topological polar surface area (TPSA) is 102 Å². The van der Waals surface area contributed by atoms with E-state index in [9.17, 15) is 4.79 Å². The Balaban J connectivity index is 0.000000361. The zero-order chi connectivity index (χ0) is 28.5. The van der Waals surface area contributed by atoms with E-state index in [2.05, 4.69) is 47.2 Å². The maximum Gasteiger partial charge on any atom is 0.325 e. The van der Waals surface area contributed by atoms with Crippen molar-refractivity contribution >= 4 is 36.0 Å². The van der Waals surface area contributed by atoms with Crippen LogP contribution in [0.25, 0.3) is 11.1 Å². The van der Waals surface area contributed by atoms with Crippen LogP contribution in [-0.4, -0.2) is 32.0 Å². The molecule has 1 atom stereocenters. The Morgan fingerprint density at radius 3 is 1.95 bits per heavy atom. The molecule has 1 saturated carbocycles. The van der Waals surface area contributed by atoms with Gasteiger partial charge in [-0.3, -0.25) is 4.79 Å². The first kappa shape index (κ1) is 33.3. The van der Waals surface area contributed by atoms with E-state index in [-0.39, 0.29) is 0 Å². The maximum absolute atomic E-state index is 10.7. The number of rotatable bonds is 5. The van der Waals surface area contributed by atoms with Crippen molar-refractivity contribution in [1.29, 1.82) is 0 Å². The normalized spacial score (nSPS) is 16.8. The lowest BCUT2D eigenvalue weighted by atomic mass is 9.79. The van der Waals surface area contributed by atoms with Gasteiger partial charge in [-0.15, -0.1) is 0 Å². The number of nitrogens with one attached hydrogen (secondary N) is 1. The van der Waals surface area contributed by atoms with Gasteiger partial charge >= 0.3 is 5.97 Å². The monoisotopic (exact) mass is 560 g/mol. The summed E-state index contributed by atoms with van der Waals surface area (Å²) in [4.78, 5) is 22.4. The van der Waals surface area contributed by atoms with Crippen molar-refractivity contribution in [3.63, 3.8) is 0 Å². The molecule has 0 aliphatic heterocycles. The fourth-order valence-corrected chi connectivity index (χ4v) is 4.59. The van der Waals surface area contributed by atoms with Crippen molar-refractivity contribution in [3.8, 4) is 11.1 Å². The fraction of sp³-hybridized carbons (Fsp3) is 0.333. The Hall–Kier alpha value is -2.74. The van der Waals surface area contributed by atoms with Gasteiger partial charge in [0.2, 0.25) is 0 Å². The average Bonchev–Trinajstić information content (AvgIpc) is 2.94. The molecule has 0 spiro atoms. The summed E-state index contributed by atoms with van der Waals surface area (Å²) in [6, 6.07) is 23.2. The zero-order valence-corrected chi connectivity index (χ0v) is 23.7. The summed E-state index contributed by atoms with van der Waals surface area (Å²) < 4.78 is 0. The fourth-order valence-electron chi connectivity index (χ4n) is 4.30. The third-order valence-corrected chi connectivity index (χ3v) is 7.06. The summed E-state index contributed by atoms with van der Waals surface area (Å²) in [6.07, 6.45) is 5.37. The van der Waals surface area contributed by atoms with E-state index in [1.54, 1.807) is 19.2 Å². The second-order valence-electron chi connectivity index (χ2n) is 8.91. The van der Waals surface area contributed by atoms with Gasteiger partial charge in [-0.05, 0) is 66.1 Å². The first-order chi connectivity index (χ1) is 18.3. The summed E-state index contributed by atoms with van der Waals surface area (Å²) in [5, 5.41) is 12.7. The number of likely N-dealkylation sites (N-methyl/N-ethyl adjacent to an activating group) is 1.